The largest absolute Gasteiger partial charge is 0.352 e. The minimum Gasteiger partial charge on any atom is -0.352 e. The molecule has 6 heteroatoms. The molecular weight excluding hydrogens is 396 g/mol. The van der Waals surface area contributed by atoms with E-state index in [4.69, 9.17) is 0 Å². The fraction of sp³-hybridized carbons (Fsp3) is 0.375. The third-order valence-electron chi connectivity index (χ3n) is 5.47. The van der Waals surface area contributed by atoms with Crippen LogP contribution in [0.25, 0.3) is 0 Å². The number of sulfonamides is 1. The van der Waals surface area contributed by atoms with E-state index in [2.05, 4.69) is 11.4 Å². The van der Waals surface area contributed by atoms with E-state index in [0.29, 0.717) is 12.1 Å². The molecule has 0 saturated heterocycles. The average Bonchev–Trinajstić information content (AvgIpc) is 2.75. The molecule has 0 unspecified atom stereocenters. The number of allylic oxidation sites excluding steroid dienone is 1. The molecule has 0 aromatic heterocycles. The van der Waals surface area contributed by atoms with Crippen molar-refractivity contribution in [2.45, 2.75) is 50.5 Å². The highest BCUT2D eigenvalue weighted by Gasteiger charge is 2.20. The fourth-order valence-corrected chi connectivity index (χ4v) is 4.72. The van der Waals surface area contributed by atoms with Crippen LogP contribution in [0, 0.1) is 6.92 Å². The van der Waals surface area contributed by atoms with E-state index >= 15 is 0 Å². The highest BCUT2D eigenvalue weighted by Crippen LogP contribution is 2.20. The number of nitrogens with one attached hydrogen (secondary N) is 1. The molecule has 2 aromatic rings. The number of hydrogen-bond acceptors (Lipinski definition) is 3. The van der Waals surface area contributed by atoms with E-state index in [-0.39, 0.29) is 17.3 Å². The summed E-state index contributed by atoms with van der Waals surface area (Å²) >= 11 is 0. The van der Waals surface area contributed by atoms with Gasteiger partial charge in [-0.2, -0.15) is 4.31 Å². The van der Waals surface area contributed by atoms with Crippen molar-refractivity contribution in [1.82, 2.24) is 9.62 Å². The molecule has 0 radical (unpaired) electrons. The molecule has 0 heterocycles. The number of hydrogen-bond donors (Lipinski definition) is 1. The molecule has 2 aromatic carbocycles. The summed E-state index contributed by atoms with van der Waals surface area (Å²) in [6, 6.07) is 13.9. The van der Waals surface area contributed by atoms with Crippen LogP contribution in [-0.2, 0) is 16.6 Å². The molecular formula is C24H30N2O3S. The summed E-state index contributed by atoms with van der Waals surface area (Å²) in [5.41, 5.74) is 3.87. The van der Waals surface area contributed by atoms with Crippen molar-refractivity contribution in [2.75, 3.05) is 13.6 Å². The second kappa shape index (κ2) is 10.0. The molecule has 0 bridgehead atoms. The molecule has 1 aliphatic carbocycles. The van der Waals surface area contributed by atoms with Gasteiger partial charge in [-0.3, -0.25) is 4.79 Å². The molecule has 1 amide bonds. The van der Waals surface area contributed by atoms with Crippen LogP contribution in [0.1, 0.15) is 53.6 Å². The van der Waals surface area contributed by atoms with E-state index < -0.39 is 10.0 Å². The molecule has 30 heavy (non-hydrogen) atoms. The zero-order valence-corrected chi connectivity index (χ0v) is 18.5. The van der Waals surface area contributed by atoms with Gasteiger partial charge in [0.25, 0.3) is 5.91 Å². The highest BCUT2D eigenvalue weighted by atomic mass is 32.2. The number of amides is 1. The molecule has 0 atom stereocenters. The zero-order valence-electron chi connectivity index (χ0n) is 17.7. The van der Waals surface area contributed by atoms with E-state index in [1.54, 1.807) is 55.6 Å². The second-order valence-electron chi connectivity index (χ2n) is 7.89. The van der Waals surface area contributed by atoms with Gasteiger partial charge in [-0.1, -0.05) is 41.5 Å². The zero-order chi connectivity index (χ0) is 21.6. The van der Waals surface area contributed by atoms with Gasteiger partial charge in [0.15, 0.2) is 0 Å². The van der Waals surface area contributed by atoms with Crippen molar-refractivity contribution in [3.05, 3.63) is 76.9 Å². The number of rotatable bonds is 8. The van der Waals surface area contributed by atoms with Crippen LogP contribution in [0.15, 0.2) is 65.1 Å². The van der Waals surface area contributed by atoms with Crippen LogP contribution in [0.2, 0.25) is 0 Å². The predicted molar refractivity (Wildman–Crippen MR) is 120 cm³/mol. The van der Waals surface area contributed by atoms with E-state index in [1.165, 1.54) is 22.7 Å². The first-order valence-electron chi connectivity index (χ1n) is 10.4. The summed E-state index contributed by atoms with van der Waals surface area (Å²) in [6.07, 6.45) is 8.01. The Balaban J connectivity index is 1.55. The first kappa shape index (κ1) is 22.2. The maximum absolute atomic E-state index is 12.7. The monoisotopic (exact) mass is 426 g/mol. The van der Waals surface area contributed by atoms with Crippen molar-refractivity contribution in [1.29, 1.82) is 0 Å². The summed E-state index contributed by atoms with van der Waals surface area (Å²) in [5, 5.41) is 2.97. The van der Waals surface area contributed by atoms with Gasteiger partial charge >= 0.3 is 0 Å². The predicted octanol–water partition coefficient (Wildman–Crippen LogP) is 4.44. The van der Waals surface area contributed by atoms with E-state index in [0.717, 1.165) is 30.4 Å². The Kier molecular flexibility index (Phi) is 7.45. The average molecular weight is 427 g/mol. The molecule has 0 saturated carbocycles. The lowest BCUT2D eigenvalue weighted by Crippen LogP contribution is -2.27. The standard InChI is InChI=1S/C24H30N2O3S/c1-19-8-14-23(15-9-19)30(28,29)26(2)18-21-10-12-22(13-11-21)24(27)25-17-16-20-6-4-3-5-7-20/h6,8-15H,3-5,7,16-18H2,1-2H3,(H,25,27). The van der Waals surface area contributed by atoms with Gasteiger partial charge in [-0.25, -0.2) is 8.42 Å². The maximum Gasteiger partial charge on any atom is 0.251 e. The van der Waals surface area contributed by atoms with Crippen LogP contribution in [0.3, 0.4) is 0 Å². The normalized spacial score (nSPS) is 14.4. The summed E-state index contributed by atoms with van der Waals surface area (Å²) in [4.78, 5) is 12.6. The van der Waals surface area contributed by atoms with Crippen LogP contribution >= 0.6 is 0 Å². The molecule has 1 N–H and O–H groups in total. The Labute approximate surface area is 179 Å². The van der Waals surface area contributed by atoms with Crippen molar-refractivity contribution in [3.8, 4) is 0 Å². The third-order valence-corrected chi connectivity index (χ3v) is 7.28. The SMILES string of the molecule is Cc1ccc(S(=O)(=O)N(C)Cc2ccc(C(=O)NCCC3=CCCCC3)cc2)cc1. The molecule has 1 aliphatic rings. The van der Waals surface area contributed by atoms with Crippen molar-refractivity contribution < 1.29 is 13.2 Å². The van der Waals surface area contributed by atoms with Crippen molar-refractivity contribution >= 4 is 15.9 Å². The van der Waals surface area contributed by atoms with Gasteiger partial charge in [0.1, 0.15) is 0 Å². The topological polar surface area (TPSA) is 66.5 Å². The third kappa shape index (κ3) is 5.80. The van der Waals surface area contributed by atoms with Crippen molar-refractivity contribution in [3.63, 3.8) is 0 Å². The van der Waals surface area contributed by atoms with Crippen LogP contribution < -0.4 is 5.32 Å². The van der Waals surface area contributed by atoms with E-state index in [1.807, 2.05) is 6.92 Å². The quantitative estimate of drug-likeness (QED) is 0.635. The summed E-state index contributed by atoms with van der Waals surface area (Å²) in [5.74, 6) is -0.0985. The lowest BCUT2D eigenvalue weighted by atomic mass is 9.97. The first-order valence-corrected chi connectivity index (χ1v) is 11.9. The molecule has 0 aliphatic heterocycles. The Morgan fingerprint density at radius 3 is 2.37 bits per heavy atom. The summed E-state index contributed by atoms with van der Waals surface area (Å²) < 4.78 is 26.8. The van der Waals surface area contributed by atoms with Crippen LogP contribution in [-0.4, -0.2) is 32.2 Å². The van der Waals surface area contributed by atoms with Gasteiger partial charge in [0, 0.05) is 25.7 Å². The van der Waals surface area contributed by atoms with Crippen molar-refractivity contribution in [2.24, 2.45) is 0 Å². The van der Waals surface area contributed by atoms with Gasteiger partial charge in [-0.05, 0) is 68.9 Å². The van der Waals surface area contributed by atoms with Crippen LogP contribution in [0.5, 0.6) is 0 Å². The molecule has 5 nitrogen and oxygen atoms in total. The minimum atomic E-state index is -3.55. The number of carbonyl (C=O) groups is 1. The minimum absolute atomic E-state index is 0.0985. The maximum atomic E-state index is 12.7. The molecule has 0 fully saturated rings. The fourth-order valence-electron chi connectivity index (χ4n) is 3.56. The van der Waals surface area contributed by atoms with Gasteiger partial charge < -0.3 is 5.32 Å². The number of nitrogens with zero attached hydrogens (tertiary/aromatic N) is 1. The highest BCUT2D eigenvalue weighted by molar-refractivity contribution is 7.89. The lowest BCUT2D eigenvalue weighted by molar-refractivity contribution is 0.0954. The van der Waals surface area contributed by atoms with Gasteiger partial charge in [-0.15, -0.1) is 0 Å². The Morgan fingerprint density at radius 2 is 1.73 bits per heavy atom. The Bertz CT molecular complexity index is 994. The second-order valence-corrected chi connectivity index (χ2v) is 9.93. The molecule has 3 rings (SSSR count). The summed E-state index contributed by atoms with van der Waals surface area (Å²) in [6.45, 7) is 2.81. The molecule has 0 spiro atoms. The Morgan fingerprint density at radius 1 is 1.03 bits per heavy atom. The number of carbonyl (C=O) groups excluding carboxylic acids is 1. The van der Waals surface area contributed by atoms with E-state index in [9.17, 15) is 13.2 Å². The Hall–Kier alpha value is -2.44. The van der Waals surface area contributed by atoms with Gasteiger partial charge in [0.2, 0.25) is 10.0 Å². The smallest absolute Gasteiger partial charge is 0.251 e. The van der Waals surface area contributed by atoms with Crippen LogP contribution in [0.4, 0.5) is 0 Å². The number of benzene rings is 2. The van der Waals surface area contributed by atoms with Gasteiger partial charge in [0.05, 0.1) is 4.90 Å². The lowest BCUT2D eigenvalue weighted by Gasteiger charge is -2.17. The summed E-state index contributed by atoms with van der Waals surface area (Å²) in [7, 11) is -1.99. The first-order chi connectivity index (χ1) is 14.4. The molecule has 160 valence electrons. The number of aryl methyl sites for hydroxylation is 1.